The zero-order valence-electron chi connectivity index (χ0n) is 17.1. The van der Waals surface area contributed by atoms with Gasteiger partial charge in [0.1, 0.15) is 16.4 Å². The third-order valence-corrected chi connectivity index (χ3v) is 7.36. The summed E-state index contributed by atoms with van der Waals surface area (Å²) in [6.45, 7) is 3.91. The second kappa shape index (κ2) is 8.73. The van der Waals surface area contributed by atoms with Crippen LogP contribution in [-0.4, -0.2) is 43.5 Å². The number of carbonyl (C=O) groups excluding carboxylic acids is 2. The second-order valence-electron chi connectivity index (χ2n) is 7.07. The van der Waals surface area contributed by atoms with E-state index in [0.29, 0.717) is 22.2 Å². The Hall–Kier alpha value is -2.46. The number of thiophene rings is 1. The number of hydrogen-bond acceptors (Lipinski definition) is 8. The van der Waals surface area contributed by atoms with Gasteiger partial charge in [0.2, 0.25) is 5.91 Å². The Morgan fingerprint density at radius 1 is 1.33 bits per heavy atom. The predicted molar refractivity (Wildman–Crippen MR) is 117 cm³/mol. The lowest BCUT2D eigenvalue weighted by atomic mass is 9.95. The Morgan fingerprint density at radius 3 is 2.93 bits per heavy atom. The highest BCUT2D eigenvalue weighted by molar-refractivity contribution is 8.00. The van der Waals surface area contributed by atoms with Gasteiger partial charge in [-0.2, -0.15) is 5.10 Å². The van der Waals surface area contributed by atoms with Gasteiger partial charge in [0.15, 0.2) is 5.65 Å². The van der Waals surface area contributed by atoms with Crippen LogP contribution in [-0.2, 0) is 29.4 Å². The zero-order chi connectivity index (χ0) is 21.3. The van der Waals surface area contributed by atoms with Crippen LogP contribution in [0.15, 0.2) is 17.6 Å². The maximum absolute atomic E-state index is 13.0. The molecular weight excluding hydrogens is 422 g/mol. The second-order valence-corrected chi connectivity index (χ2v) is 9.50. The molecule has 0 aliphatic heterocycles. The van der Waals surface area contributed by atoms with Gasteiger partial charge in [-0.25, -0.2) is 14.8 Å². The van der Waals surface area contributed by atoms with Crippen molar-refractivity contribution in [3.8, 4) is 0 Å². The molecule has 8 nitrogen and oxygen atoms in total. The molecule has 3 heterocycles. The minimum atomic E-state index is -0.419. The number of amides is 1. The van der Waals surface area contributed by atoms with Gasteiger partial charge >= 0.3 is 5.97 Å². The number of carbonyl (C=O) groups is 2. The minimum absolute atomic E-state index is 0.181. The van der Waals surface area contributed by atoms with Crippen LogP contribution in [0.5, 0.6) is 0 Å². The fourth-order valence-corrected chi connectivity index (χ4v) is 5.70. The average molecular weight is 446 g/mol. The van der Waals surface area contributed by atoms with Crippen LogP contribution in [0.2, 0.25) is 0 Å². The summed E-state index contributed by atoms with van der Waals surface area (Å²) < 4.78 is 6.94. The molecule has 1 N–H and O–H groups in total. The molecule has 0 saturated carbocycles. The van der Waals surface area contributed by atoms with Crippen molar-refractivity contribution in [2.24, 2.45) is 7.05 Å². The lowest BCUT2D eigenvalue weighted by Gasteiger charge is -2.13. The number of aromatic nitrogens is 4. The molecule has 1 aliphatic rings. The van der Waals surface area contributed by atoms with Crippen LogP contribution in [0.1, 0.15) is 47.5 Å². The number of esters is 1. The van der Waals surface area contributed by atoms with Gasteiger partial charge in [-0.15, -0.1) is 11.3 Å². The molecule has 0 bridgehead atoms. The summed E-state index contributed by atoms with van der Waals surface area (Å²) in [5.74, 6) is -0.542. The van der Waals surface area contributed by atoms with Crippen LogP contribution >= 0.6 is 23.1 Å². The van der Waals surface area contributed by atoms with Crippen molar-refractivity contribution in [2.75, 3.05) is 11.9 Å². The number of hydrogen-bond donors (Lipinski definition) is 1. The van der Waals surface area contributed by atoms with E-state index in [9.17, 15) is 9.59 Å². The van der Waals surface area contributed by atoms with E-state index < -0.39 is 5.25 Å². The normalized spacial score (nSPS) is 14.4. The lowest BCUT2D eigenvalue weighted by Crippen LogP contribution is -2.23. The van der Waals surface area contributed by atoms with Gasteiger partial charge in [-0.05, 0) is 45.1 Å². The number of nitrogens with one attached hydrogen (secondary N) is 1. The third-order valence-electron chi connectivity index (χ3n) is 5.04. The molecule has 0 spiro atoms. The fraction of sp³-hybridized carbons (Fsp3) is 0.450. The Morgan fingerprint density at radius 2 is 2.13 bits per heavy atom. The van der Waals surface area contributed by atoms with Crippen LogP contribution in [0.25, 0.3) is 11.0 Å². The number of ether oxygens (including phenoxy) is 1. The molecule has 0 fully saturated rings. The summed E-state index contributed by atoms with van der Waals surface area (Å²) in [4.78, 5) is 35.3. The standard InChI is InChI=1S/C20H23N5O3S2/c1-4-28-20(27)15-12-7-5-6-8-14(12)30-19(15)24-17(26)11(2)29-18-13-9-23-25(3)16(13)21-10-22-18/h9-11H,4-8H2,1-3H3,(H,24,26)/t11-/m0/s1. The SMILES string of the molecule is CCOC(=O)c1c(NC(=O)[C@H](C)Sc2ncnc3c2cnn3C)sc2c1CCCC2. The Bertz CT molecular complexity index is 1110. The Kier molecular flexibility index (Phi) is 6.05. The molecular formula is C20H23N5O3S2. The first kappa shape index (κ1) is 20.8. The van der Waals surface area contributed by atoms with E-state index in [0.717, 1.165) is 42.3 Å². The van der Waals surface area contributed by atoms with Crippen molar-refractivity contribution in [3.63, 3.8) is 0 Å². The predicted octanol–water partition coefficient (Wildman–Crippen LogP) is 3.60. The van der Waals surface area contributed by atoms with Crippen LogP contribution < -0.4 is 5.32 Å². The smallest absolute Gasteiger partial charge is 0.341 e. The molecule has 158 valence electrons. The molecule has 30 heavy (non-hydrogen) atoms. The largest absolute Gasteiger partial charge is 0.462 e. The first-order valence-electron chi connectivity index (χ1n) is 9.91. The first-order valence-corrected chi connectivity index (χ1v) is 11.6. The maximum Gasteiger partial charge on any atom is 0.341 e. The van der Waals surface area contributed by atoms with Gasteiger partial charge < -0.3 is 10.1 Å². The number of nitrogens with zero attached hydrogens (tertiary/aromatic N) is 4. The van der Waals surface area contributed by atoms with E-state index in [1.165, 1.54) is 34.3 Å². The van der Waals surface area contributed by atoms with Gasteiger partial charge in [0.05, 0.1) is 29.0 Å². The quantitative estimate of drug-likeness (QED) is 0.352. The topological polar surface area (TPSA) is 99.0 Å². The van der Waals surface area contributed by atoms with E-state index in [1.54, 1.807) is 17.8 Å². The van der Waals surface area contributed by atoms with Crippen LogP contribution in [0.3, 0.4) is 0 Å². The maximum atomic E-state index is 13.0. The molecule has 0 radical (unpaired) electrons. The van der Waals surface area contributed by atoms with Crippen LogP contribution in [0.4, 0.5) is 5.00 Å². The first-order chi connectivity index (χ1) is 14.5. The molecule has 3 aromatic heterocycles. The average Bonchev–Trinajstić information content (AvgIpc) is 3.29. The zero-order valence-corrected chi connectivity index (χ0v) is 18.7. The summed E-state index contributed by atoms with van der Waals surface area (Å²) in [5.41, 5.74) is 2.28. The van der Waals surface area contributed by atoms with Crippen molar-refractivity contribution in [1.29, 1.82) is 0 Å². The minimum Gasteiger partial charge on any atom is -0.462 e. The Labute approximate surface area is 182 Å². The highest BCUT2D eigenvalue weighted by atomic mass is 32.2. The molecule has 1 amide bonds. The summed E-state index contributed by atoms with van der Waals surface area (Å²) in [5, 5.41) is 8.87. The number of rotatable bonds is 6. The van der Waals surface area contributed by atoms with Gasteiger partial charge in [-0.3, -0.25) is 9.48 Å². The van der Waals surface area contributed by atoms with E-state index >= 15 is 0 Å². The summed E-state index contributed by atoms with van der Waals surface area (Å²) in [6, 6.07) is 0. The molecule has 0 unspecified atom stereocenters. The van der Waals surface area contributed by atoms with Crippen molar-refractivity contribution in [2.45, 2.75) is 49.8 Å². The molecule has 10 heteroatoms. The Balaban J connectivity index is 1.56. The highest BCUT2D eigenvalue weighted by Gasteiger charge is 2.28. The van der Waals surface area contributed by atoms with E-state index in [1.807, 2.05) is 14.0 Å². The monoisotopic (exact) mass is 445 g/mol. The summed E-state index contributed by atoms with van der Waals surface area (Å²) >= 11 is 2.84. The van der Waals surface area contributed by atoms with Crippen molar-refractivity contribution < 1.29 is 14.3 Å². The van der Waals surface area contributed by atoms with Crippen LogP contribution in [0, 0.1) is 0 Å². The number of thioether (sulfide) groups is 1. The lowest BCUT2D eigenvalue weighted by molar-refractivity contribution is -0.115. The molecule has 4 rings (SSSR count). The van der Waals surface area contributed by atoms with Gasteiger partial charge in [0.25, 0.3) is 0 Å². The summed E-state index contributed by atoms with van der Waals surface area (Å²) in [6.07, 6.45) is 7.11. The van der Waals surface area contributed by atoms with Crippen molar-refractivity contribution in [3.05, 3.63) is 28.5 Å². The van der Waals surface area contributed by atoms with E-state index in [-0.39, 0.29) is 11.9 Å². The number of anilines is 1. The molecule has 0 saturated heterocycles. The van der Waals surface area contributed by atoms with E-state index in [2.05, 4.69) is 20.4 Å². The number of aryl methyl sites for hydroxylation is 2. The highest BCUT2D eigenvalue weighted by Crippen LogP contribution is 2.39. The summed E-state index contributed by atoms with van der Waals surface area (Å²) in [7, 11) is 1.81. The number of fused-ring (bicyclic) bond motifs is 2. The third kappa shape index (κ3) is 3.93. The van der Waals surface area contributed by atoms with Gasteiger partial charge in [0, 0.05) is 11.9 Å². The molecule has 1 atom stereocenters. The molecule has 0 aromatic carbocycles. The fourth-order valence-electron chi connectivity index (χ4n) is 3.54. The van der Waals surface area contributed by atoms with Gasteiger partial charge in [-0.1, -0.05) is 11.8 Å². The van der Waals surface area contributed by atoms with E-state index in [4.69, 9.17) is 4.74 Å². The molecule has 1 aliphatic carbocycles. The molecule has 3 aromatic rings. The van der Waals surface area contributed by atoms with Crippen molar-refractivity contribution in [1.82, 2.24) is 19.7 Å². The van der Waals surface area contributed by atoms with Crippen molar-refractivity contribution >= 4 is 51.0 Å².